The third-order valence-electron chi connectivity index (χ3n) is 4.54. The van der Waals surface area contributed by atoms with Gasteiger partial charge in [0.05, 0.1) is 18.2 Å². The van der Waals surface area contributed by atoms with Crippen LogP contribution < -0.4 is 10.1 Å². The van der Waals surface area contributed by atoms with Crippen LogP contribution >= 0.6 is 22.7 Å². The minimum Gasteiger partial charge on any atom is -0.435 e. The van der Waals surface area contributed by atoms with Crippen molar-refractivity contribution in [2.75, 3.05) is 0 Å². The highest BCUT2D eigenvalue weighted by atomic mass is 32.1. The summed E-state index contributed by atoms with van der Waals surface area (Å²) in [4.78, 5) is 17.4. The fourth-order valence-corrected chi connectivity index (χ4v) is 4.66. The lowest BCUT2D eigenvalue weighted by molar-refractivity contribution is -0.121. The summed E-state index contributed by atoms with van der Waals surface area (Å²) in [6.45, 7) is -2.88. The second-order valence-electron chi connectivity index (χ2n) is 6.69. The number of amides is 1. The molecule has 1 amide bonds. The van der Waals surface area contributed by atoms with Crippen LogP contribution in [0.2, 0.25) is 0 Å². The molecule has 0 spiro atoms. The van der Waals surface area contributed by atoms with E-state index in [0.29, 0.717) is 5.69 Å². The number of hydrogen-bond donors (Lipinski definition) is 1. The van der Waals surface area contributed by atoms with Gasteiger partial charge in [0.25, 0.3) is 0 Å². The fourth-order valence-electron chi connectivity index (χ4n) is 3.13. The van der Waals surface area contributed by atoms with Crippen LogP contribution in [0.1, 0.15) is 22.9 Å². The fraction of sp³-hybridized carbons (Fsp3) is 0.130. The first kappa shape index (κ1) is 21.1. The summed E-state index contributed by atoms with van der Waals surface area (Å²) in [5, 5.41) is 9.83. The molecule has 0 aliphatic carbocycles. The Hall–Kier alpha value is -3.10. The molecule has 1 N–H and O–H groups in total. The Morgan fingerprint density at radius 3 is 2.42 bits per heavy atom. The van der Waals surface area contributed by atoms with Crippen LogP contribution in [0.15, 0.2) is 76.8 Å². The molecule has 0 aliphatic heterocycles. The Labute approximate surface area is 186 Å². The molecule has 2 aromatic heterocycles. The molecule has 1 unspecified atom stereocenters. The van der Waals surface area contributed by atoms with Gasteiger partial charge in [-0.15, -0.1) is 11.3 Å². The van der Waals surface area contributed by atoms with Gasteiger partial charge in [0, 0.05) is 16.3 Å². The van der Waals surface area contributed by atoms with Crippen molar-refractivity contribution in [3.8, 4) is 16.3 Å². The highest BCUT2D eigenvalue weighted by Gasteiger charge is 2.18. The van der Waals surface area contributed by atoms with Crippen LogP contribution in [0, 0.1) is 0 Å². The molecule has 31 heavy (non-hydrogen) atoms. The summed E-state index contributed by atoms with van der Waals surface area (Å²) < 4.78 is 29.3. The molecule has 4 rings (SSSR count). The first-order valence-corrected chi connectivity index (χ1v) is 11.3. The lowest BCUT2D eigenvalue weighted by Crippen LogP contribution is -2.30. The number of nitrogens with zero attached hydrogens (tertiary/aromatic N) is 1. The van der Waals surface area contributed by atoms with Crippen LogP contribution in [-0.4, -0.2) is 17.5 Å². The number of nitrogens with one attached hydrogen (secondary N) is 1. The molecule has 0 radical (unpaired) electrons. The van der Waals surface area contributed by atoms with Crippen LogP contribution in [0.5, 0.6) is 5.75 Å². The van der Waals surface area contributed by atoms with Crippen molar-refractivity contribution < 1.29 is 18.3 Å². The van der Waals surface area contributed by atoms with Crippen LogP contribution in [0.3, 0.4) is 0 Å². The van der Waals surface area contributed by atoms with Crippen molar-refractivity contribution in [3.63, 3.8) is 0 Å². The average Bonchev–Trinajstić information content (AvgIpc) is 3.45. The van der Waals surface area contributed by atoms with Crippen molar-refractivity contribution in [1.82, 2.24) is 10.3 Å². The molecular formula is C23H18F2N2O2S2. The predicted molar refractivity (Wildman–Crippen MR) is 119 cm³/mol. The van der Waals surface area contributed by atoms with Crippen molar-refractivity contribution >= 4 is 28.6 Å². The van der Waals surface area contributed by atoms with Gasteiger partial charge in [-0.05, 0) is 34.7 Å². The first-order chi connectivity index (χ1) is 15.1. The van der Waals surface area contributed by atoms with Crippen molar-refractivity contribution in [1.29, 1.82) is 0 Å². The number of hydrogen-bond acceptors (Lipinski definition) is 5. The van der Waals surface area contributed by atoms with E-state index < -0.39 is 12.7 Å². The molecule has 0 saturated carbocycles. The van der Waals surface area contributed by atoms with E-state index in [-0.39, 0.29) is 18.1 Å². The summed E-state index contributed by atoms with van der Waals surface area (Å²) in [5.41, 5.74) is 3.40. The van der Waals surface area contributed by atoms with Crippen LogP contribution in [-0.2, 0) is 11.2 Å². The first-order valence-electron chi connectivity index (χ1n) is 9.44. The number of rotatable bonds is 8. The zero-order valence-electron chi connectivity index (χ0n) is 16.2. The highest BCUT2D eigenvalue weighted by molar-refractivity contribution is 7.14. The molecule has 0 aliphatic rings. The number of thiazole rings is 1. The third kappa shape index (κ3) is 5.53. The SMILES string of the molecule is O=C(Cc1csc(-c2ccsc2)n1)NC(c1ccccc1)c1ccc(OC(F)F)cc1. The number of halogens is 2. The maximum absolute atomic E-state index is 12.8. The minimum absolute atomic E-state index is 0.0697. The van der Waals surface area contributed by atoms with E-state index in [1.54, 1.807) is 23.5 Å². The lowest BCUT2D eigenvalue weighted by Gasteiger charge is -2.20. The Morgan fingerprint density at radius 2 is 1.74 bits per heavy atom. The monoisotopic (exact) mass is 456 g/mol. The van der Waals surface area contributed by atoms with E-state index in [9.17, 15) is 13.6 Å². The molecule has 0 fully saturated rings. The van der Waals surface area contributed by atoms with Gasteiger partial charge in [0.1, 0.15) is 10.8 Å². The van der Waals surface area contributed by atoms with Crippen molar-refractivity contribution in [2.45, 2.75) is 19.1 Å². The smallest absolute Gasteiger partial charge is 0.387 e. The largest absolute Gasteiger partial charge is 0.435 e. The van der Waals surface area contributed by atoms with Crippen LogP contribution in [0.4, 0.5) is 8.78 Å². The molecule has 0 bridgehead atoms. The van der Waals surface area contributed by atoms with Gasteiger partial charge in [0.15, 0.2) is 0 Å². The predicted octanol–water partition coefficient (Wildman–Crippen LogP) is 5.92. The maximum Gasteiger partial charge on any atom is 0.387 e. The molecule has 2 heterocycles. The van der Waals surface area contributed by atoms with E-state index in [1.165, 1.54) is 23.5 Å². The summed E-state index contributed by atoms with van der Waals surface area (Å²) >= 11 is 3.11. The van der Waals surface area contributed by atoms with Gasteiger partial charge in [0.2, 0.25) is 5.91 Å². The molecular weight excluding hydrogens is 438 g/mol. The van der Waals surface area contributed by atoms with Gasteiger partial charge in [-0.25, -0.2) is 4.98 Å². The van der Waals surface area contributed by atoms with E-state index in [1.807, 2.05) is 52.5 Å². The van der Waals surface area contributed by atoms with Crippen LogP contribution in [0.25, 0.3) is 10.6 Å². The zero-order valence-corrected chi connectivity index (χ0v) is 17.8. The second-order valence-corrected chi connectivity index (χ2v) is 8.33. The molecule has 2 aromatic carbocycles. The molecule has 4 nitrogen and oxygen atoms in total. The second kappa shape index (κ2) is 9.80. The van der Waals surface area contributed by atoms with Gasteiger partial charge in [-0.2, -0.15) is 20.1 Å². The number of ether oxygens (including phenoxy) is 1. The molecule has 8 heteroatoms. The normalized spacial score (nSPS) is 12.0. The van der Waals surface area contributed by atoms with E-state index >= 15 is 0 Å². The number of benzene rings is 2. The highest BCUT2D eigenvalue weighted by Crippen LogP contribution is 2.27. The Bertz CT molecular complexity index is 1110. The van der Waals surface area contributed by atoms with Gasteiger partial charge in [-0.1, -0.05) is 42.5 Å². The molecule has 4 aromatic rings. The Kier molecular flexibility index (Phi) is 6.69. The van der Waals surface area contributed by atoms with Crippen molar-refractivity contribution in [3.05, 3.63) is 93.6 Å². The number of thiophene rings is 1. The molecule has 158 valence electrons. The summed E-state index contributed by atoms with van der Waals surface area (Å²) in [6, 6.07) is 17.3. The lowest BCUT2D eigenvalue weighted by atomic mass is 9.98. The summed E-state index contributed by atoms with van der Waals surface area (Å²) in [5.74, 6) is -0.107. The standard InChI is InChI=1S/C23H18F2N2O2S2/c24-23(25)29-19-8-6-16(7-9-19)21(15-4-2-1-3-5-15)27-20(28)12-18-14-31-22(26-18)17-10-11-30-13-17/h1-11,13-14,21,23H,12H2,(H,27,28). The molecule has 1 atom stereocenters. The van der Waals surface area contributed by atoms with E-state index in [2.05, 4.69) is 15.0 Å². The number of aromatic nitrogens is 1. The summed E-state index contributed by atoms with van der Waals surface area (Å²) in [7, 11) is 0. The summed E-state index contributed by atoms with van der Waals surface area (Å²) in [6.07, 6.45) is 0.149. The Morgan fingerprint density at radius 1 is 1.00 bits per heavy atom. The van der Waals surface area contributed by atoms with Gasteiger partial charge < -0.3 is 10.1 Å². The number of alkyl halides is 2. The average molecular weight is 457 g/mol. The minimum atomic E-state index is -2.88. The van der Waals surface area contributed by atoms with Crippen molar-refractivity contribution in [2.24, 2.45) is 0 Å². The van der Waals surface area contributed by atoms with E-state index in [0.717, 1.165) is 21.7 Å². The zero-order chi connectivity index (χ0) is 21.6. The van der Waals surface area contributed by atoms with Gasteiger partial charge in [-0.3, -0.25) is 4.79 Å². The maximum atomic E-state index is 12.8. The quantitative estimate of drug-likeness (QED) is 0.358. The topological polar surface area (TPSA) is 51.2 Å². The number of carbonyl (C=O) groups excluding carboxylic acids is 1. The molecule has 0 saturated heterocycles. The Balaban J connectivity index is 1.50. The van der Waals surface area contributed by atoms with Gasteiger partial charge >= 0.3 is 6.61 Å². The van der Waals surface area contributed by atoms with E-state index in [4.69, 9.17) is 0 Å². The number of carbonyl (C=O) groups is 1. The third-order valence-corrected chi connectivity index (χ3v) is 6.16.